The number of halogens is 1. The van der Waals surface area contributed by atoms with Gasteiger partial charge in [-0.15, -0.1) is 0 Å². The van der Waals surface area contributed by atoms with Gasteiger partial charge in [0.2, 0.25) is 0 Å². The Balaban J connectivity index is 1.41. The summed E-state index contributed by atoms with van der Waals surface area (Å²) in [7, 11) is 1.53. The Hall–Kier alpha value is -3.41. The molecule has 1 saturated heterocycles. The Morgan fingerprint density at radius 2 is 1.97 bits per heavy atom. The van der Waals surface area contributed by atoms with Crippen LogP contribution in [-0.4, -0.2) is 62.7 Å². The fourth-order valence-corrected chi connectivity index (χ4v) is 5.13. The second kappa shape index (κ2) is 10.3. The molecule has 1 aliphatic heterocycles. The fourth-order valence-electron chi connectivity index (χ4n) is 4.18. The van der Waals surface area contributed by atoms with E-state index in [4.69, 9.17) is 21.3 Å². The summed E-state index contributed by atoms with van der Waals surface area (Å²) in [5.41, 5.74) is 2.80. The van der Waals surface area contributed by atoms with Crippen LogP contribution >= 0.6 is 22.9 Å². The van der Waals surface area contributed by atoms with Crippen LogP contribution in [0.15, 0.2) is 30.7 Å². The first-order valence-corrected chi connectivity index (χ1v) is 12.6. The molecule has 0 spiro atoms. The summed E-state index contributed by atoms with van der Waals surface area (Å²) >= 11 is 7.39. The van der Waals surface area contributed by atoms with Gasteiger partial charge >= 0.3 is 0 Å². The average molecular weight is 526 g/mol. The number of rotatable bonds is 6. The first kappa shape index (κ1) is 24.3. The van der Waals surface area contributed by atoms with E-state index >= 15 is 0 Å². The predicted molar refractivity (Wildman–Crippen MR) is 139 cm³/mol. The third kappa shape index (κ3) is 4.95. The average Bonchev–Trinajstić information content (AvgIpc) is 3.30. The molecule has 4 aromatic rings. The number of pyridine rings is 2. The number of anilines is 2. The molecule has 0 bridgehead atoms. The number of methoxy groups -OCH3 is 1. The number of ether oxygens (including phenoxy) is 1. The molecule has 0 radical (unpaired) electrons. The van der Waals surface area contributed by atoms with Gasteiger partial charge in [-0.25, -0.2) is 15.0 Å². The van der Waals surface area contributed by atoms with E-state index in [-0.39, 0.29) is 17.7 Å². The van der Waals surface area contributed by atoms with Crippen molar-refractivity contribution in [2.24, 2.45) is 5.92 Å². The topological polar surface area (TPSA) is 126 Å². The molecule has 0 saturated carbocycles. The zero-order valence-electron chi connectivity index (χ0n) is 19.7. The van der Waals surface area contributed by atoms with E-state index in [1.54, 1.807) is 18.3 Å². The van der Waals surface area contributed by atoms with Gasteiger partial charge < -0.3 is 14.7 Å². The fraction of sp³-hybridized carbons (Fsp3) is 0.333. The zero-order chi connectivity index (χ0) is 25.2. The molecule has 5 rings (SSSR count). The number of carbonyl (C=O) groups excluding carboxylic acids is 1. The van der Waals surface area contributed by atoms with Crippen molar-refractivity contribution in [1.82, 2.24) is 24.9 Å². The number of amides is 1. The molecule has 1 aliphatic rings. The maximum absolute atomic E-state index is 13.3. The summed E-state index contributed by atoms with van der Waals surface area (Å²) in [5, 5.41) is 12.9. The molecule has 0 aromatic carbocycles. The number of nitrogens with one attached hydrogen (secondary N) is 1. The van der Waals surface area contributed by atoms with Crippen molar-refractivity contribution in [3.63, 3.8) is 0 Å². The van der Waals surface area contributed by atoms with Crippen LogP contribution in [0.1, 0.15) is 28.9 Å². The number of fused-ring (bicyclic) bond motifs is 1. The molecule has 1 fully saturated rings. The predicted octanol–water partition coefficient (Wildman–Crippen LogP) is 3.97. The second-order valence-corrected chi connectivity index (χ2v) is 9.89. The van der Waals surface area contributed by atoms with Gasteiger partial charge in [-0.3, -0.25) is 15.1 Å². The Morgan fingerprint density at radius 1 is 1.17 bits per heavy atom. The first-order chi connectivity index (χ1) is 17.4. The second-order valence-electron chi connectivity index (χ2n) is 8.52. The van der Waals surface area contributed by atoms with Crippen molar-refractivity contribution in [3.05, 3.63) is 47.1 Å². The highest BCUT2D eigenvalue weighted by molar-refractivity contribution is 7.21. The third-order valence-electron chi connectivity index (χ3n) is 6.16. The lowest BCUT2D eigenvalue weighted by Crippen LogP contribution is -2.35. The molecule has 2 N–H and O–H groups in total. The molecule has 5 heterocycles. The Bertz CT molecular complexity index is 1420. The quantitative estimate of drug-likeness (QED) is 0.359. The minimum absolute atomic E-state index is 0.218. The number of hydrogen-bond acceptors (Lipinski definition) is 10. The van der Waals surface area contributed by atoms with Crippen LogP contribution in [0.3, 0.4) is 0 Å². The van der Waals surface area contributed by atoms with Crippen LogP contribution in [0.4, 0.5) is 10.9 Å². The smallest absolute Gasteiger partial charge is 0.259 e. The van der Waals surface area contributed by atoms with Gasteiger partial charge in [0.05, 0.1) is 25.1 Å². The molecule has 36 heavy (non-hydrogen) atoms. The monoisotopic (exact) mass is 525 g/mol. The van der Waals surface area contributed by atoms with Crippen LogP contribution < -0.4 is 15.0 Å². The molecule has 1 amide bonds. The van der Waals surface area contributed by atoms with Crippen LogP contribution in [0, 0.1) is 12.8 Å². The summed E-state index contributed by atoms with van der Waals surface area (Å²) < 4.78 is 5.44. The summed E-state index contributed by atoms with van der Waals surface area (Å²) in [6.45, 7) is 3.70. The maximum atomic E-state index is 13.3. The van der Waals surface area contributed by atoms with Crippen LogP contribution in [0.25, 0.3) is 21.6 Å². The normalized spacial score (nSPS) is 14.3. The Morgan fingerprint density at radius 3 is 2.72 bits per heavy atom. The summed E-state index contributed by atoms with van der Waals surface area (Å²) in [5.74, 6) is 1.22. The zero-order valence-corrected chi connectivity index (χ0v) is 21.3. The SMILES string of the molecule is COc1cnc(Cl)cc1-c1cc(C)ncc1C(=O)Nc1nc2ncc(N3CCC(CO)CC3)nc2s1. The van der Waals surface area contributed by atoms with Crippen molar-refractivity contribution in [1.29, 1.82) is 0 Å². The van der Waals surface area contributed by atoms with Crippen molar-refractivity contribution in [3.8, 4) is 16.9 Å². The Labute approximate surface area is 216 Å². The van der Waals surface area contributed by atoms with Crippen molar-refractivity contribution < 1.29 is 14.6 Å². The lowest BCUT2D eigenvalue weighted by atomic mass is 9.98. The highest BCUT2D eigenvalue weighted by atomic mass is 35.5. The van der Waals surface area contributed by atoms with Gasteiger partial charge in [0, 0.05) is 42.7 Å². The number of aliphatic hydroxyl groups is 1. The minimum Gasteiger partial charge on any atom is -0.494 e. The first-order valence-electron chi connectivity index (χ1n) is 11.4. The number of nitrogens with zero attached hydrogens (tertiary/aromatic N) is 6. The van der Waals surface area contributed by atoms with Gasteiger partial charge in [-0.1, -0.05) is 22.9 Å². The van der Waals surface area contributed by atoms with E-state index in [2.05, 4.69) is 30.2 Å². The summed E-state index contributed by atoms with van der Waals surface area (Å²) in [4.78, 5) is 38.1. The van der Waals surface area contributed by atoms with Gasteiger partial charge in [-0.05, 0) is 37.8 Å². The lowest BCUT2D eigenvalue weighted by molar-refractivity contribution is 0.102. The van der Waals surface area contributed by atoms with E-state index in [9.17, 15) is 9.90 Å². The van der Waals surface area contributed by atoms with E-state index in [0.29, 0.717) is 44.0 Å². The number of aryl methyl sites for hydroxylation is 1. The van der Waals surface area contributed by atoms with Gasteiger partial charge in [0.15, 0.2) is 15.6 Å². The molecular weight excluding hydrogens is 502 g/mol. The van der Waals surface area contributed by atoms with E-state index < -0.39 is 0 Å². The number of aromatic nitrogens is 5. The van der Waals surface area contributed by atoms with E-state index in [1.165, 1.54) is 30.8 Å². The molecule has 0 atom stereocenters. The summed E-state index contributed by atoms with van der Waals surface area (Å²) in [6.07, 6.45) is 6.57. The maximum Gasteiger partial charge on any atom is 0.259 e. The molecule has 0 unspecified atom stereocenters. The third-order valence-corrected chi connectivity index (χ3v) is 7.22. The van der Waals surface area contributed by atoms with Gasteiger partial charge in [-0.2, -0.15) is 4.98 Å². The van der Waals surface area contributed by atoms with Crippen LogP contribution in [0.2, 0.25) is 5.15 Å². The molecule has 186 valence electrons. The number of hydrogen-bond donors (Lipinski definition) is 2. The number of thiazole rings is 1. The standard InChI is InChI=1S/C24H24ClN7O3S/c1-13-7-15(16-8-19(25)27-10-18(16)35-2)17(9-26-13)22(34)31-24-30-21-23(36-24)29-20(11-28-21)32-5-3-14(12-33)4-6-32/h7-11,14,33H,3-6,12H2,1-2H3,(H,28,30,31,34). The lowest BCUT2D eigenvalue weighted by Gasteiger charge is -2.31. The van der Waals surface area contributed by atoms with Crippen molar-refractivity contribution >= 4 is 50.3 Å². The van der Waals surface area contributed by atoms with Crippen molar-refractivity contribution in [2.45, 2.75) is 19.8 Å². The molecule has 4 aromatic heterocycles. The Kier molecular flexibility index (Phi) is 6.95. The molecule has 10 nitrogen and oxygen atoms in total. The van der Waals surface area contributed by atoms with E-state index in [0.717, 1.165) is 37.4 Å². The largest absolute Gasteiger partial charge is 0.494 e. The minimum atomic E-state index is -0.377. The van der Waals surface area contributed by atoms with Gasteiger partial charge in [0.25, 0.3) is 5.91 Å². The number of aliphatic hydroxyl groups excluding tert-OH is 1. The molecular formula is C24H24ClN7O3S. The van der Waals surface area contributed by atoms with Crippen LogP contribution in [-0.2, 0) is 0 Å². The van der Waals surface area contributed by atoms with Crippen LogP contribution in [0.5, 0.6) is 5.75 Å². The summed E-state index contributed by atoms with van der Waals surface area (Å²) in [6, 6.07) is 3.46. The number of piperidine rings is 1. The van der Waals surface area contributed by atoms with Gasteiger partial charge in [0.1, 0.15) is 16.7 Å². The van der Waals surface area contributed by atoms with Crippen molar-refractivity contribution in [2.75, 3.05) is 37.0 Å². The molecule has 0 aliphatic carbocycles. The molecule has 12 heteroatoms. The van der Waals surface area contributed by atoms with E-state index in [1.807, 2.05) is 6.92 Å². The number of carbonyl (C=O) groups is 1. The highest BCUT2D eigenvalue weighted by Crippen LogP contribution is 2.34. The highest BCUT2D eigenvalue weighted by Gasteiger charge is 2.22.